The van der Waals surface area contributed by atoms with Gasteiger partial charge < -0.3 is 10.1 Å². The lowest BCUT2D eigenvalue weighted by atomic mass is 10.1. The first-order chi connectivity index (χ1) is 6.74. The molecule has 1 saturated carbocycles. The molecule has 1 aliphatic carbocycles. The Bertz CT molecular complexity index is 309. The van der Waals surface area contributed by atoms with E-state index in [4.69, 9.17) is 4.74 Å². The molecule has 1 N–H and O–H groups in total. The third-order valence-corrected chi connectivity index (χ3v) is 3.22. The maximum Gasteiger partial charge on any atom is 0.202 e. The van der Waals surface area contributed by atoms with Crippen LogP contribution in [0.25, 0.3) is 0 Å². The summed E-state index contributed by atoms with van der Waals surface area (Å²) in [5, 5.41) is 4.09. The summed E-state index contributed by atoms with van der Waals surface area (Å²) < 4.78 is 9.30. The first-order valence-corrected chi connectivity index (χ1v) is 5.59. The van der Waals surface area contributed by atoms with Crippen molar-refractivity contribution in [3.63, 3.8) is 0 Å². The number of anilines is 1. The Balaban J connectivity index is 1.90. The molecule has 0 spiro atoms. The van der Waals surface area contributed by atoms with E-state index in [1.807, 2.05) is 0 Å². The van der Waals surface area contributed by atoms with Gasteiger partial charge >= 0.3 is 0 Å². The van der Waals surface area contributed by atoms with E-state index in [-0.39, 0.29) is 5.41 Å². The van der Waals surface area contributed by atoms with Gasteiger partial charge in [0.15, 0.2) is 5.82 Å². The van der Waals surface area contributed by atoms with Gasteiger partial charge in [0.2, 0.25) is 5.13 Å². The smallest absolute Gasteiger partial charge is 0.202 e. The third-order valence-electron chi connectivity index (χ3n) is 2.55. The average molecular weight is 213 g/mol. The molecule has 0 unspecified atom stereocenters. The monoisotopic (exact) mass is 213 g/mol. The Morgan fingerprint density at radius 2 is 2.36 bits per heavy atom. The van der Waals surface area contributed by atoms with Gasteiger partial charge in [0.25, 0.3) is 0 Å². The van der Waals surface area contributed by atoms with Crippen LogP contribution < -0.4 is 5.32 Å². The van der Waals surface area contributed by atoms with Crippen molar-refractivity contribution >= 4 is 16.7 Å². The molecule has 1 aromatic rings. The predicted octanol–water partition coefficient (Wildman–Crippen LogP) is 1.65. The highest BCUT2D eigenvalue weighted by Crippen LogP contribution is 2.46. The molecule has 0 bridgehead atoms. The predicted molar refractivity (Wildman–Crippen MR) is 56.9 cm³/mol. The van der Waals surface area contributed by atoms with Gasteiger partial charge in [-0.25, -0.2) is 4.98 Å². The fourth-order valence-corrected chi connectivity index (χ4v) is 1.94. The van der Waals surface area contributed by atoms with Crippen LogP contribution in [0.3, 0.4) is 0 Å². The molecule has 2 rings (SSSR count). The molecule has 78 valence electrons. The molecule has 0 atom stereocenters. The molecule has 14 heavy (non-hydrogen) atoms. The summed E-state index contributed by atoms with van der Waals surface area (Å²) in [6, 6.07) is 0. The van der Waals surface area contributed by atoms with E-state index >= 15 is 0 Å². The Morgan fingerprint density at radius 3 is 3.00 bits per heavy atom. The van der Waals surface area contributed by atoms with Gasteiger partial charge in [-0.2, -0.15) is 4.37 Å². The zero-order chi connectivity index (χ0) is 10.0. The minimum absolute atomic E-state index is 0.275. The Morgan fingerprint density at radius 1 is 1.57 bits per heavy atom. The minimum Gasteiger partial charge on any atom is -0.383 e. The number of nitrogens with zero attached hydrogens (tertiary/aromatic N) is 2. The molecule has 0 amide bonds. The maximum absolute atomic E-state index is 4.94. The van der Waals surface area contributed by atoms with Crippen LogP contribution in [-0.2, 0) is 10.2 Å². The third kappa shape index (κ3) is 2.04. The molecule has 0 aliphatic heterocycles. The largest absolute Gasteiger partial charge is 0.383 e. The second-order valence-corrected chi connectivity index (χ2v) is 4.66. The molecule has 1 aromatic heterocycles. The lowest BCUT2D eigenvalue weighted by Gasteiger charge is -2.01. The zero-order valence-electron chi connectivity index (χ0n) is 8.54. The standard InChI is InChI=1S/C9H15N3OS/c1-9(3-4-9)7-11-8(14-12-7)10-5-6-13-2/h3-6H2,1-2H3,(H,10,11,12). The number of hydrogen-bond donors (Lipinski definition) is 1. The van der Waals surface area contributed by atoms with Crippen LogP contribution in [-0.4, -0.2) is 29.6 Å². The normalized spacial score (nSPS) is 18.1. The second-order valence-electron chi connectivity index (χ2n) is 3.90. The molecule has 0 saturated heterocycles. The topological polar surface area (TPSA) is 47.0 Å². The number of ether oxygens (including phenoxy) is 1. The van der Waals surface area contributed by atoms with Crippen LogP contribution in [0.5, 0.6) is 0 Å². The van der Waals surface area contributed by atoms with Crippen LogP contribution in [0.4, 0.5) is 5.13 Å². The maximum atomic E-state index is 4.94. The van der Waals surface area contributed by atoms with Crippen molar-refractivity contribution < 1.29 is 4.74 Å². The van der Waals surface area contributed by atoms with Gasteiger partial charge in [0.05, 0.1) is 6.61 Å². The van der Waals surface area contributed by atoms with Crippen LogP contribution in [0, 0.1) is 0 Å². The van der Waals surface area contributed by atoms with Crippen molar-refractivity contribution in [2.75, 3.05) is 25.6 Å². The van der Waals surface area contributed by atoms with E-state index in [1.54, 1.807) is 7.11 Å². The number of aromatic nitrogens is 2. The van der Waals surface area contributed by atoms with E-state index in [9.17, 15) is 0 Å². The van der Waals surface area contributed by atoms with Crippen LogP contribution in [0.1, 0.15) is 25.6 Å². The Labute approximate surface area is 87.9 Å². The van der Waals surface area contributed by atoms with E-state index < -0.39 is 0 Å². The molecule has 0 radical (unpaired) electrons. The summed E-state index contributed by atoms with van der Waals surface area (Å²) >= 11 is 1.44. The van der Waals surface area contributed by atoms with Crippen molar-refractivity contribution in [3.8, 4) is 0 Å². The van der Waals surface area contributed by atoms with E-state index in [0.717, 1.165) is 17.5 Å². The van der Waals surface area contributed by atoms with E-state index in [1.165, 1.54) is 24.4 Å². The van der Waals surface area contributed by atoms with Gasteiger partial charge in [0.1, 0.15) is 0 Å². The number of hydrogen-bond acceptors (Lipinski definition) is 5. The van der Waals surface area contributed by atoms with Crippen molar-refractivity contribution in [3.05, 3.63) is 5.82 Å². The fourth-order valence-electron chi connectivity index (χ4n) is 1.21. The summed E-state index contributed by atoms with van der Waals surface area (Å²) in [4.78, 5) is 4.46. The Hall–Kier alpha value is -0.680. The fraction of sp³-hybridized carbons (Fsp3) is 0.778. The highest BCUT2D eigenvalue weighted by molar-refractivity contribution is 7.09. The average Bonchev–Trinajstić information content (AvgIpc) is 2.76. The summed E-state index contributed by atoms with van der Waals surface area (Å²) in [7, 11) is 1.69. The van der Waals surface area contributed by atoms with Gasteiger partial charge in [-0.3, -0.25) is 0 Å². The molecule has 1 aliphatic rings. The quantitative estimate of drug-likeness (QED) is 0.755. The first-order valence-electron chi connectivity index (χ1n) is 4.82. The van der Waals surface area contributed by atoms with Crippen LogP contribution in [0.15, 0.2) is 0 Å². The lowest BCUT2D eigenvalue weighted by Crippen LogP contribution is -2.08. The zero-order valence-corrected chi connectivity index (χ0v) is 9.36. The van der Waals surface area contributed by atoms with Crippen LogP contribution >= 0.6 is 11.5 Å². The number of rotatable bonds is 5. The van der Waals surface area contributed by atoms with Gasteiger partial charge in [-0.1, -0.05) is 6.92 Å². The summed E-state index contributed by atoms with van der Waals surface area (Å²) in [5.41, 5.74) is 0.275. The molecule has 0 aromatic carbocycles. The van der Waals surface area contributed by atoms with E-state index in [2.05, 4.69) is 21.6 Å². The number of methoxy groups -OCH3 is 1. The number of nitrogens with one attached hydrogen (secondary N) is 1. The van der Waals surface area contributed by atoms with E-state index in [0.29, 0.717) is 6.61 Å². The highest BCUT2D eigenvalue weighted by atomic mass is 32.1. The molecular formula is C9H15N3OS. The summed E-state index contributed by atoms with van der Waals surface area (Å²) in [5.74, 6) is 1.00. The molecular weight excluding hydrogens is 198 g/mol. The lowest BCUT2D eigenvalue weighted by molar-refractivity contribution is 0.211. The summed E-state index contributed by atoms with van der Waals surface area (Å²) in [6.45, 7) is 3.71. The van der Waals surface area contributed by atoms with Gasteiger partial charge in [0, 0.05) is 30.6 Å². The SMILES string of the molecule is COCCNc1nc(C2(C)CC2)ns1. The molecule has 4 nitrogen and oxygen atoms in total. The van der Waals surface area contributed by atoms with Gasteiger partial charge in [-0.15, -0.1) is 0 Å². The van der Waals surface area contributed by atoms with Crippen LogP contribution in [0.2, 0.25) is 0 Å². The highest BCUT2D eigenvalue weighted by Gasteiger charge is 2.42. The second kappa shape index (κ2) is 3.82. The van der Waals surface area contributed by atoms with Crippen molar-refractivity contribution in [2.24, 2.45) is 0 Å². The Kier molecular flexibility index (Phi) is 2.69. The summed E-state index contributed by atoms with van der Waals surface area (Å²) in [6.07, 6.45) is 2.45. The van der Waals surface area contributed by atoms with Crippen molar-refractivity contribution in [2.45, 2.75) is 25.2 Å². The van der Waals surface area contributed by atoms with Crippen molar-refractivity contribution in [1.29, 1.82) is 0 Å². The van der Waals surface area contributed by atoms with Gasteiger partial charge in [-0.05, 0) is 12.8 Å². The molecule has 5 heteroatoms. The molecule has 1 heterocycles. The minimum atomic E-state index is 0.275. The van der Waals surface area contributed by atoms with Crippen molar-refractivity contribution in [1.82, 2.24) is 9.36 Å². The first kappa shape index (κ1) is 9.86. The molecule has 1 fully saturated rings.